The van der Waals surface area contributed by atoms with Gasteiger partial charge in [0.2, 0.25) is 0 Å². The highest BCUT2D eigenvalue weighted by Crippen LogP contribution is 2.42. The predicted molar refractivity (Wildman–Crippen MR) is 87.5 cm³/mol. The van der Waals surface area contributed by atoms with Crippen LogP contribution in [0.2, 0.25) is 0 Å². The van der Waals surface area contributed by atoms with Crippen LogP contribution in [0.3, 0.4) is 0 Å². The lowest BCUT2D eigenvalue weighted by molar-refractivity contribution is 0.148. The van der Waals surface area contributed by atoms with Crippen molar-refractivity contribution in [1.29, 1.82) is 0 Å². The van der Waals surface area contributed by atoms with E-state index in [4.69, 9.17) is 9.05 Å². The van der Waals surface area contributed by atoms with E-state index in [2.05, 4.69) is 12.2 Å². The van der Waals surface area contributed by atoms with Gasteiger partial charge in [-0.15, -0.1) is 0 Å². The molecule has 0 radical (unpaired) electrons. The first-order valence-electron chi connectivity index (χ1n) is 8.39. The summed E-state index contributed by atoms with van der Waals surface area (Å²) in [6, 6.07) is 0. The largest absolute Gasteiger partial charge is 0.472 e. The SMILES string of the molecule is CCCCCCCCCCCCOP(=O)(O)OCCNC. The quantitative estimate of drug-likeness (QED) is 0.328. The molecular formula is C15H34NO4P. The molecule has 1 unspecified atom stereocenters. The topological polar surface area (TPSA) is 67.8 Å². The third-order valence-corrected chi connectivity index (χ3v) is 4.38. The molecule has 0 aliphatic rings. The minimum atomic E-state index is -3.84. The van der Waals surface area contributed by atoms with Gasteiger partial charge in [-0.05, 0) is 13.5 Å². The molecule has 0 aliphatic carbocycles. The third kappa shape index (κ3) is 16.3. The Morgan fingerprint density at radius 1 is 0.857 bits per heavy atom. The van der Waals surface area contributed by atoms with Crippen molar-refractivity contribution < 1.29 is 18.5 Å². The third-order valence-electron chi connectivity index (χ3n) is 3.36. The zero-order chi connectivity index (χ0) is 15.8. The molecule has 0 heterocycles. The molecule has 0 rings (SSSR count). The van der Waals surface area contributed by atoms with E-state index in [1.165, 1.54) is 51.4 Å². The van der Waals surface area contributed by atoms with Gasteiger partial charge < -0.3 is 10.2 Å². The molecular weight excluding hydrogens is 289 g/mol. The van der Waals surface area contributed by atoms with E-state index < -0.39 is 7.82 Å². The fourth-order valence-electron chi connectivity index (χ4n) is 2.07. The van der Waals surface area contributed by atoms with Gasteiger partial charge in [-0.25, -0.2) is 4.57 Å². The molecule has 0 saturated carbocycles. The van der Waals surface area contributed by atoms with Crippen molar-refractivity contribution in [3.63, 3.8) is 0 Å². The predicted octanol–water partition coefficient (Wildman–Crippen LogP) is 4.26. The average Bonchev–Trinajstić information content (AvgIpc) is 2.45. The summed E-state index contributed by atoms with van der Waals surface area (Å²) in [7, 11) is -2.08. The molecule has 0 saturated heterocycles. The Morgan fingerprint density at radius 2 is 1.33 bits per heavy atom. The lowest BCUT2D eigenvalue weighted by Crippen LogP contribution is -2.13. The number of unbranched alkanes of at least 4 members (excludes halogenated alkanes) is 9. The minimum Gasteiger partial charge on any atom is -0.317 e. The molecule has 128 valence electrons. The molecule has 0 aromatic carbocycles. The second-order valence-electron chi connectivity index (χ2n) is 5.42. The number of likely N-dealkylation sites (N-methyl/N-ethyl adjacent to an activating group) is 1. The fraction of sp³-hybridized carbons (Fsp3) is 1.00. The summed E-state index contributed by atoms with van der Waals surface area (Å²) in [5.74, 6) is 0. The second-order valence-corrected chi connectivity index (χ2v) is 6.87. The molecule has 0 aliphatic heterocycles. The first-order chi connectivity index (χ1) is 10.1. The van der Waals surface area contributed by atoms with E-state index in [-0.39, 0.29) is 6.61 Å². The van der Waals surface area contributed by atoms with E-state index in [0.717, 1.165) is 12.8 Å². The highest BCUT2D eigenvalue weighted by molar-refractivity contribution is 7.47. The van der Waals surface area contributed by atoms with Crippen molar-refractivity contribution in [3.05, 3.63) is 0 Å². The number of phosphoric acid groups is 1. The summed E-state index contributed by atoms with van der Waals surface area (Å²) >= 11 is 0. The molecule has 0 bridgehead atoms. The molecule has 0 aromatic rings. The Bertz CT molecular complexity index is 264. The zero-order valence-electron chi connectivity index (χ0n) is 13.8. The number of hydrogen-bond acceptors (Lipinski definition) is 4. The van der Waals surface area contributed by atoms with Gasteiger partial charge in [0.15, 0.2) is 0 Å². The zero-order valence-corrected chi connectivity index (χ0v) is 14.7. The Morgan fingerprint density at radius 3 is 1.86 bits per heavy atom. The highest BCUT2D eigenvalue weighted by atomic mass is 31.2. The van der Waals surface area contributed by atoms with E-state index in [9.17, 15) is 9.46 Å². The van der Waals surface area contributed by atoms with Crippen LogP contribution in [0.25, 0.3) is 0 Å². The first kappa shape index (κ1) is 21.1. The summed E-state index contributed by atoms with van der Waals surface area (Å²) in [5, 5.41) is 2.84. The van der Waals surface area contributed by atoms with Crippen molar-refractivity contribution >= 4 is 7.82 Å². The number of rotatable bonds is 16. The molecule has 0 amide bonds. The summed E-state index contributed by atoms with van der Waals surface area (Å²) in [5.41, 5.74) is 0. The number of hydrogen-bond donors (Lipinski definition) is 2. The summed E-state index contributed by atoms with van der Waals surface area (Å²) in [6.07, 6.45) is 12.3. The normalized spacial score (nSPS) is 14.2. The summed E-state index contributed by atoms with van der Waals surface area (Å²) in [6.45, 7) is 3.25. The number of nitrogens with one attached hydrogen (secondary N) is 1. The van der Waals surface area contributed by atoms with Gasteiger partial charge in [0.25, 0.3) is 0 Å². The Hall–Kier alpha value is 0.0700. The van der Waals surface area contributed by atoms with Gasteiger partial charge in [0.05, 0.1) is 13.2 Å². The van der Waals surface area contributed by atoms with Gasteiger partial charge in [-0.1, -0.05) is 64.7 Å². The van der Waals surface area contributed by atoms with Crippen molar-refractivity contribution in [2.24, 2.45) is 0 Å². The van der Waals surface area contributed by atoms with Crippen LogP contribution in [0.4, 0.5) is 0 Å². The van der Waals surface area contributed by atoms with Crippen molar-refractivity contribution in [3.8, 4) is 0 Å². The van der Waals surface area contributed by atoms with Crippen molar-refractivity contribution in [1.82, 2.24) is 5.32 Å². The Kier molecular flexibility index (Phi) is 15.0. The number of phosphoric ester groups is 1. The van der Waals surface area contributed by atoms with Gasteiger partial charge in [-0.2, -0.15) is 0 Å². The lowest BCUT2D eigenvalue weighted by Gasteiger charge is -2.11. The van der Waals surface area contributed by atoms with E-state index in [1.54, 1.807) is 7.05 Å². The van der Waals surface area contributed by atoms with Gasteiger partial charge in [0, 0.05) is 6.54 Å². The first-order valence-corrected chi connectivity index (χ1v) is 9.88. The maximum Gasteiger partial charge on any atom is 0.472 e. The molecule has 6 heteroatoms. The van der Waals surface area contributed by atoms with Crippen LogP contribution in [0.1, 0.15) is 71.1 Å². The van der Waals surface area contributed by atoms with Crippen molar-refractivity contribution in [2.45, 2.75) is 71.1 Å². The summed E-state index contributed by atoms with van der Waals surface area (Å²) in [4.78, 5) is 9.37. The molecule has 2 N–H and O–H groups in total. The van der Waals surface area contributed by atoms with Gasteiger partial charge in [0.1, 0.15) is 0 Å². The van der Waals surface area contributed by atoms with Crippen LogP contribution >= 0.6 is 7.82 Å². The standard InChI is InChI=1S/C15H34NO4P/c1-3-4-5-6-7-8-9-10-11-12-14-19-21(17,18)20-15-13-16-2/h16H,3-15H2,1-2H3,(H,17,18). The molecule has 0 fully saturated rings. The van der Waals surface area contributed by atoms with Crippen LogP contribution in [0, 0.1) is 0 Å². The average molecular weight is 323 g/mol. The molecule has 5 nitrogen and oxygen atoms in total. The van der Waals surface area contributed by atoms with Crippen LogP contribution in [0.5, 0.6) is 0 Å². The highest BCUT2D eigenvalue weighted by Gasteiger charge is 2.19. The van der Waals surface area contributed by atoms with Crippen LogP contribution in [-0.2, 0) is 13.6 Å². The second kappa shape index (κ2) is 15.0. The van der Waals surface area contributed by atoms with E-state index in [0.29, 0.717) is 13.2 Å². The Balaban J connectivity index is 3.26. The van der Waals surface area contributed by atoms with E-state index in [1.807, 2.05) is 0 Å². The molecule has 1 atom stereocenters. The van der Waals surface area contributed by atoms with Gasteiger partial charge >= 0.3 is 7.82 Å². The maximum absolute atomic E-state index is 11.4. The lowest BCUT2D eigenvalue weighted by atomic mass is 10.1. The molecule has 0 aromatic heterocycles. The molecule has 21 heavy (non-hydrogen) atoms. The monoisotopic (exact) mass is 323 g/mol. The van der Waals surface area contributed by atoms with E-state index >= 15 is 0 Å². The molecule has 0 spiro atoms. The van der Waals surface area contributed by atoms with Crippen LogP contribution < -0.4 is 5.32 Å². The van der Waals surface area contributed by atoms with Crippen LogP contribution in [-0.4, -0.2) is 31.7 Å². The minimum absolute atomic E-state index is 0.183. The van der Waals surface area contributed by atoms with Crippen LogP contribution in [0.15, 0.2) is 0 Å². The van der Waals surface area contributed by atoms with Gasteiger partial charge in [-0.3, -0.25) is 9.05 Å². The maximum atomic E-state index is 11.4. The Labute approximate surface area is 130 Å². The van der Waals surface area contributed by atoms with Crippen molar-refractivity contribution in [2.75, 3.05) is 26.8 Å². The fourth-order valence-corrected chi connectivity index (χ4v) is 2.83. The summed E-state index contributed by atoms with van der Waals surface area (Å²) < 4.78 is 21.1. The smallest absolute Gasteiger partial charge is 0.317 e.